The molecule has 1 aliphatic heterocycles. The minimum atomic E-state index is -0.111. The minimum absolute atomic E-state index is 0.0218. The molecule has 0 spiro atoms. The van der Waals surface area contributed by atoms with Crippen LogP contribution in [0.5, 0.6) is 0 Å². The van der Waals surface area contributed by atoms with Crippen molar-refractivity contribution >= 4 is 11.7 Å². The molecule has 2 heterocycles. The molecule has 27 heavy (non-hydrogen) atoms. The monoisotopic (exact) mass is 368 g/mol. The maximum absolute atomic E-state index is 12.3. The number of nitrogens with one attached hydrogen (secondary N) is 1. The van der Waals surface area contributed by atoms with Crippen molar-refractivity contribution in [2.45, 2.75) is 53.2 Å². The summed E-state index contributed by atoms with van der Waals surface area (Å²) in [5.41, 5.74) is 4.40. The molecule has 6 nitrogen and oxygen atoms in total. The van der Waals surface area contributed by atoms with Crippen LogP contribution in [0.1, 0.15) is 52.6 Å². The fourth-order valence-electron chi connectivity index (χ4n) is 3.79. The molecule has 0 aliphatic carbocycles. The lowest BCUT2D eigenvalue weighted by Gasteiger charge is -2.15. The van der Waals surface area contributed by atoms with Gasteiger partial charge in [0.1, 0.15) is 6.54 Å². The smallest absolute Gasteiger partial charge is 0.242 e. The van der Waals surface area contributed by atoms with Crippen LogP contribution in [0.2, 0.25) is 0 Å². The lowest BCUT2D eigenvalue weighted by Crippen LogP contribution is -2.28. The number of aryl methyl sites for hydroxylation is 1. The van der Waals surface area contributed by atoms with Gasteiger partial charge in [0, 0.05) is 18.8 Å². The van der Waals surface area contributed by atoms with Gasteiger partial charge in [-0.3, -0.25) is 19.2 Å². The Balaban J connectivity index is 1.56. The summed E-state index contributed by atoms with van der Waals surface area (Å²) in [6.45, 7) is 9.07. The van der Waals surface area contributed by atoms with E-state index in [-0.39, 0.29) is 18.2 Å². The van der Waals surface area contributed by atoms with Gasteiger partial charge >= 0.3 is 0 Å². The van der Waals surface area contributed by atoms with Crippen LogP contribution in [-0.4, -0.2) is 39.5 Å². The molecule has 1 saturated heterocycles. The molecule has 0 unspecified atom stereocenters. The standard InChI is InChI=1S/C21H28N4O2/c1-15-21(17(3)26)16(2)25(23-15)14-20(27)22-12-18-7-6-8-19(11-18)13-24-9-4-5-10-24/h6-8,11H,4-5,9-10,12-14H2,1-3H3,(H,22,27). The highest BCUT2D eigenvalue weighted by Crippen LogP contribution is 2.15. The van der Waals surface area contributed by atoms with Crippen LogP contribution in [0, 0.1) is 13.8 Å². The second-order valence-corrected chi connectivity index (χ2v) is 7.34. The fraction of sp³-hybridized carbons (Fsp3) is 0.476. The highest BCUT2D eigenvalue weighted by Gasteiger charge is 2.17. The molecule has 1 amide bonds. The molecule has 1 N–H and O–H groups in total. The molecule has 3 rings (SSSR count). The molecule has 1 aromatic heterocycles. The van der Waals surface area contributed by atoms with Crippen molar-refractivity contribution < 1.29 is 9.59 Å². The summed E-state index contributed by atoms with van der Waals surface area (Å²) in [7, 11) is 0. The highest BCUT2D eigenvalue weighted by atomic mass is 16.2. The van der Waals surface area contributed by atoms with E-state index in [1.54, 1.807) is 11.6 Å². The van der Waals surface area contributed by atoms with Crippen LogP contribution in [-0.2, 0) is 24.4 Å². The van der Waals surface area contributed by atoms with E-state index in [9.17, 15) is 9.59 Å². The third kappa shape index (κ3) is 4.83. The number of Topliss-reactive ketones (excluding diaryl/α,β-unsaturated/α-hetero) is 1. The van der Waals surface area contributed by atoms with Gasteiger partial charge in [-0.05, 0) is 57.8 Å². The molecule has 6 heteroatoms. The number of hydrogen-bond donors (Lipinski definition) is 1. The van der Waals surface area contributed by atoms with E-state index in [2.05, 4.69) is 27.4 Å². The number of ketones is 1. The summed E-state index contributed by atoms with van der Waals surface area (Å²) >= 11 is 0. The topological polar surface area (TPSA) is 67.2 Å². The number of amides is 1. The molecule has 1 aromatic carbocycles. The number of hydrogen-bond acceptors (Lipinski definition) is 4. The Kier molecular flexibility index (Phi) is 6.06. The predicted molar refractivity (Wildman–Crippen MR) is 105 cm³/mol. The van der Waals surface area contributed by atoms with Crippen molar-refractivity contribution in [3.8, 4) is 0 Å². The van der Waals surface area contributed by atoms with E-state index in [0.29, 0.717) is 17.8 Å². The van der Waals surface area contributed by atoms with Crippen LogP contribution < -0.4 is 5.32 Å². The number of aromatic nitrogens is 2. The molecule has 0 saturated carbocycles. The van der Waals surface area contributed by atoms with Gasteiger partial charge in [-0.15, -0.1) is 0 Å². The Morgan fingerprint density at radius 1 is 1.15 bits per heavy atom. The summed E-state index contributed by atoms with van der Waals surface area (Å²) in [5, 5.41) is 7.28. The number of carbonyl (C=O) groups excluding carboxylic acids is 2. The van der Waals surface area contributed by atoms with Crippen LogP contribution >= 0.6 is 0 Å². The van der Waals surface area contributed by atoms with Crippen LogP contribution in [0.25, 0.3) is 0 Å². The Labute approximate surface area is 160 Å². The van der Waals surface area contributed by atoms with Gasteiger partial charge in [0.2, 0.25) is 5.91 Å². The van der Waals surface area contributed by atoms with E-state index < -0.39 is 0 Å². The molecule has 2 aromatic rings. The molecule has 0 bridgehead atoms. The first-order chi connectivity index (χ1) is 12.9. The van der Waals surface area contributed by atoms with Crippen molar-refractivity contribution in [2.24, 2.45) is 0 Å². The number of carbonyl (C=O) groups is 2. The van der Waals surface area contributed by atoms with Crippen molar-refractivity contribution in [1.82, 2.24) is 20.0 Å². The normalized spacial score (nSPS) is 14.5. The third-order valence-corrected chi connectivity index (χ3v) is 5.11. The predicted octanol–water partition coefficient (Wildman–Crippen LogP) is 2.61. The summed E-state index contributed by atoms with van der Waals surface area (Å²) in [5.74, 6) is -0.132. The van der Waals surface area contributed by atoms with Crippen molar-refractivity contribution in [3.63, 3.8) is 0 Å². The van der Waals surface area contributed by atoms with Crippen molar-refractivity contribution in [1.29, 1.82) is 0 Å². The van der Waals surface area contributed by atoms with E-state index in [4.69, 9.17) is 0 Å². The Morgan fingerprint density at radius 2 is 1.85 bits per heavy atom. The third-order valence-electron chi connectivity index (χ3n) is 5.11. The molecule has 0 radical (unpaired) electrons. The second kappa shape index (κ2) is 8.48. The summed E-state index contributed by atoms with van der Waals surface area (Å²) < 4.78 is 1.60. The zero-order valence-corrected chi connectivity index (χ0v) is 16.4. The lowest BCUT2D eigenvalue weighted by molar-refractivity contribution is -0.122. The maximum atomic E-state index is 12.3. The van der Waals surface area contributed by atoms with Gasteiger partial charge in [-0.2, -0.15) is 5.10 Å². The van der Waals surface area contributed by atoms with Crippen molar-refractivity contribution in [2.75, 3.05) is 13.1 Å². The average molecular weight is 368 g/mol. The number of benzene rings is 1. The Hall–Kier alpha value is -2.47. The van der Waals surface area contributed by atoms with Gasteiger partial charge < -0.3 is 5.32 Å². The van der Waals surface area contributed by atoms with E-state index in [1.165, 1.54) is 38.4 Å². The maximum Gasteiger partial charge on any atom is 0.242 e. The second-order valence-electron chi connectivity index (χ2n) is 7.34. The van der Waals surface area contributed by atoms with Gasteiger partial charge in [-0.1, -0.05) is 24.3 Å². The largest absolute Gasteiger partial charge is 0.350 e. The molecule has 1 aliphatic rings. The first-order valence-electron chi connectivity index (χ1n) is 9.56. The summed E-state index contributed by atoms with van der Waals surface area (Å²) in [6, 6.07) is 8.39. The Bertz CT molecular complexity index is 835. The van der Waals surface area contributed by atoms with E-state index >= 15 is 0 Å². The summed E-state index contributed by atoms with van der Waals surface area (Å²) in [6.07, 6.45) is 2.57. The van der Waals surface area contributed by atoms with Gasteiger partial charge in [0.05, 0.1) is 11.3 Å². The lowest BCUT2D eigenvalue weighted by atomic mass is 10.1. The SMILES string of the molecule is CC(=O)c1c(C)nn(CC(=O)NCc2cccc(CN3CCCC3)c2)c1C. The van der Waals surface area contributed by atoms with Gasteiger partial charge in [-0.25, -0.2) is 0 Å². The zero-order valence-electron chi connectivity index (χ0n) is 16.4. The average Bonchev–Trinajstić information content (AvgIpc) is 3.21. The zero-order chi connectivity index (χ0) is 19.4. The molecular formula is C21H28N4O2. The van der Waals surface area contributed by atoms with Gasteiger partial charge in [0.25, 0.3) is 0 Å². The number of rotatable bonds is 7. The van der Waals surface area contributed by atoms with Crippen LogP contribution in [0.3, 0.4) is 0 Å². The van der Waals surface area contributed by atoms with E-state index in [0.717, 1.165) is 17.8 Å². The first-order valence-corrected chi connectivity index (χ1v) is 9.56. The fourth-order valence-corrected chi connectivity index (χ4v) is 3.79. The van der Waals surface area contributed by atoms with Gasteiger partial charge in [0.15, 0.2) is 5.78 Å². The van der Waals surface area contributed by atoms with Crippen molar-refractivity contribution in [3.05, 3.63) is 52.3 Å². The molecule has 0 atom stereocenters. The first kappa shape index (κ1) is 19.3. The Morgan fingerprint density at radius 3 is 2.52 bits per heavy atom. The summed E-state index contributed by atoms with van der Waals surface area (Å²) in [4.78, 5) is 26.5. The molecule has 1 fully saturated rings. The highest BCUT2D eigenvalue weighted by molar-refractivity contribution is 5.96. The number of likely N-dealkylation sites (tertiary alicyclic amines) is 1. The molecule has 144 valence electrons. The van der Waals surface area contributed by atoms with E-state index in [1.807, 2.05) is 19.1 Å². The quantitative estimate of drug-likeness (QED) is 0.763. The van der Waals surface area contributed by atoms with Crippen LogP contribution in [0.4, 0.5) is 0 Å². The van der Waals surface area contributed by atoms with Crippen LogP contribution in [0.15, 0.2) is 24.3 Å². The number of nitrogens with zero attached hydrogens (tertiary/aromatic N) is 3. The minimum Gasteiger partial charge on any atom is -0.350 e. The molecular weight excluding hydrogens is 340 g/mol.